The standard InChI is InChI=1S/C21H26O/c1-17-10-7-8-13-19(17)22-16-20(2)14-9-15-21(20,3)18-11-5-4-6-12-18/h4-8,10-13H,9,14-16H2,1-3H3/t20-,21+/m0/s1. The van der Waals surface area contributed by atoms with E-state index in [0.717, 1.165) is 12.4 Å². The molecule has 3 rings (SSSR count). The predicted molar refractivity (Wildman–Crippen MR) is 92.4 cm³/mol. The van der Waals surface area contributed by atoms with Crippen molar-refractivity contribution in [3.05, 3.63) is 65.7 Å². The van der Waals surface area contributed by atoms with E-state index in [0.29, 0.717) is 0 Å². The van der Waals surface area contributed by atoms with Crippen molar-refractivity contribution in [2.24, 2.45) is 5.41 Å². The van der Waals surface area contributed by atoms with E-state index in [4.69, 9.17) is 4.74 Å². The van der Waals surface area contributed by atoms with E-state index >= 15 is 0 Å². The van der Waals surface area contributed by atoms with Crippen LogP contribution in [0.3, 0.4) is 0 Å². The molecule has 0 bridgehead atoms. The van der Waals surface area contributed by atoms with Gasteiger partial charge in [-0.05, 0) is 37.0 Å². The van der Waals surface area contributed by atoms with Crippen molar-refractivity contribution in [1.82, 2.24) is 0 Å². The van der Waals surface area contributed by atoms with Crippen LogP contribution in [0.15, 0.2) is 54.6 Å². The Balaban J connectivity index is 1.83. The number of aryl methyl sites for hydroxylation is 1. The third-order valence-corrected chi connectivity index (χ3v) is 5.79. The third kappa shape index (κ3) is 2.54. The van der Waals surface area contributed by atoms with Gasteiger partial charge < -0.3 is 4.74 Å². The lowest BCUT2D eigenvalue weighted by Crippen LogP contribution is -2.41. The highest BCUT2D eigenvalue weighted by Crippen LogP contribution is 2.54. The van der Waals surface area contributed by atoms with Crippen molar-refractivity contribution in [2.45, 2.75) is 45.4 Å². The molecule has 2 aromatic rings. The molecule has 0 aromatic heterocycles. The van der Waals surface area contributed by atoms with Gasteiger partial charge in [-0.1, -0.05) is 68.8 Å². The Hall–Kier alpha value is -1.76. The third-order valence-electron chi connectivity index (χ3n) is 5.79. The number of hydrogen-bond acceptors (Lipinski definition) is 1. The van der Waals surface area contributed by atoms with Crippen molar-refractivity contribution in [3.8, 4) is 5.75 Å². The van der Waals surface area contributed by atoms with Gasteiger partial charge in [0.1, 0.15) is 5.75 Å². The lowest BCUT2D eigenvalue weighted by molar-refractivity contribution is 0.101. The quantitative estimate of drug-likeness (QED) is 0.721. The lowest BCUT2D eigenvalue weighted by atomic mass is 9.64. The smallest absolute Gasteiger partial charge is 0.122 e. The Morgan fingerprint density at radius 3 is 2.32 bits per heavy atom. The summed E-state index contributed by atoms with van der Waals surface area (Å²) in [5, 5.41) is 0. The average molecular weight is 294 g/mol. The maximum absolute atomic E-state index is 6.24. The fourth-order valence-corrected chi connectivity index (χ4v) is 3.90. The van der Waals surface area contributed by atoms with E-state index in [9.17, 15) is 0 Å². The lowest BCUT2D eigenvalue weighted by Gasteiger charge is -2.41. The van der Waals surface area contributed by atoms with Gasteiger partial charge in [0.15, 0.2) is 0 Å². The van der Waals surface area contributed by atoms with Crippen LogP contribution in [0, 0.1) is 12.3 Å². The first kappa shape index (κ1) is 15.1. The van der Waals surface area contributed by atoms with Crippen LogP contribution in [-0.2, 0) is 5.41 Å². The van der Waals surface area contributed by atoms with Crippen LogP contribution in [0.2, 0.25) is 0 Å². The second kappa shape index (κ2) is 5.79. The molecule has 1 nitrogen and oxygen atoms in total. The van der Waals surface area contributed by atoms with Crippen molar-refractivity contribution < 1.29 is 4.74 Å². The van der Waals surface area contributed by atoms with E-state index < -0.39 is 0 Å². The molecule has 0 aliphatic heterocycles. The van der Waals surface area contributed by atoms with E-state index in [2.05, 4.69) is 75.4 Å². The van der Waals surface area contributed by atoms with Crippen LogP contribution < -0.4 is 4.74 Å². The number of hydrogen-bond donors (Lipinski definition) is 0. The van der Waals surface area contributed by atoms with Crippen LogP contribution >= 0.6 is 0 Å². The fourth-order valence-electron chi connectivity index (χ4n) is 3.90. The van der Waals surface area contributed by atoms with Crippen LogP contribution in [0.1, 0.15) is 44.2 Å². The molecular weight excluding hydrogens is 268 g/mol. The molecule has 1 aliphatic carbocycles. The molecule has 0 amide bonds. The molecule has 116 valence electrons. The van der Waals surface area contributed by atoms with Crippen molar-refractivity contribution >= 4 is 0 Å². The molecule has 1 saturated carbocycles. The van der Waals surface area contributed by atoms with Gasteiger partial charge in [-0.25, -0.2) is 0 Å². The zero-order valence-electron chi connectivity index (χ0n) is 13.9. The number of benzene rings is 2. The molecule has 0 radical (unpaired) electrons. The highest BCUT2D eigenvalue weighted by molar-refractivity contribution is 5.33. The minimum absolute atomic E-state index is 0.177. The largest absolute Gasteiger partial charge is 0.493 e. The van der Waals surface area contributed by atoms with E-state index in [1.165, 1.54) is 30.4 Å². The van der Waals surface area contributed by atoms with Gasteiger partial charge in [0, 0.05) is 10.8 Å². The number of rotatable bonds is 4. The summed E-state index contributed by atoms with van der Waals surface area (Å²) in [6, 6.07) is 19.3. The van der Waals surface area contributed by atoms with Gasteiger partial charge in [0.25, 0.3) is 0 Å². The zero-order chi connectivity index (χ0) is 15.6. The summed E-state index contributed by atoms with van der Waals surface area (Å²) in [6.07, 6.45) is 3.74. The fraction of sp³-hybridized carbons (Fsp3) is 0.429. The van der Waals surface area contributed by atoms with Gasteiger partial charge in [-0.15, -0.1) is 0 Å². The summed E-state index contributed by atoms with van der Waals surface area (Å²) < 4.78 is 6.24. The van der Waals surface area contributed by atoms with Gasteiger partial charge in [0.05, 0.1) is 6.61 Å². The van der Waals surface area contributed by atoms with Crippen molar-refractivity contribution in [2.75, 3.05) is 6.61 Å². The second-order valence-electron chi connectivity index (χ2n) is 7.17. The zero-order valence-corrected chi connectivity index (χ0v) is 13.9. The maximum atomic E-state index is 6.24. The highest BCUT2D eigenvalue weighted by Gasteiger charge is 2.49. The first-order valence-corrected chi connectivity index (χ1v) is 8.29. The highest BCUT2D eigenvalue weighted by atomic mass is 16.5. The number of ether oxygens (including phenoxy) is 1. The molecule has 2 aromatic carbocycles. The van der Waals surface area contributed by atoms with Gasteiger partial charge in [0.2, 0.25) is 0 Å². The Labute approximate surface area is 134 Å². The van der Waals surface area contributed by atoms with Crippen molar-refractivity contribution in [3.63, 3.8) is 0 Å². The molecule has 2 atom stereocenters. The van der Waals surface area contributed by atoms with Gasteiger partial charge in [-0.2, -0.15) is 0 Å². The monoisotopic (exact) mass is 294 g/mol. The molecule has 0 spiro atoms. The summed E-state index contributed by atoms with van der Waals surface area (Å²) >= 11 is 0. The Kier molecular flexibility index (Phi) is 3.99. The molecule has 22 heavy (non-hydrogen) atoms. The first-order chi connectivity index (χ1) is 10.6. The Morgan fingerprint density at radius 2 is 1.59 bits per heavy atom. The average Bonchev–Trinajstić information content (AvgIpc) is 2.84. The van der Waals surface area contributed by atoms with Crippen LogP contribution in [0.25, 0.3) is 0 Å². The van der Waals surface area contributed by atoms with Gasteiger partial charge >= 0.3 is 0 Å². The Bertz CT molecular complexity index is 633. The minimum Gasteiger partial charge on any atom is -0.493 e. The summed E-state index contributed by atoms with van der Waals surface area (Å²) in [6.45, 7) is 7.70. The van der Waals surface area contributed by atoms with Crippen molar-refractivity contribution in [1.29, 1.82) is 0 Å². The SMILES string of the molecule is Cc1ccccc1OC[C@]1(C)CCC[C@]1(C)c1ccccc1. The second-order valence-corrected chi connectivity index (χ2v) is 7.17. The molecule has 0 N–H and O–H groups in total. The molecular formula is C21H26O. The van der Waals surface area contributed by atoms with Crippen LogP contribution in [-0.4, -0.2) is 6.61 Å². The first-order valence-electron chi connectivity index (χ1n) is 8.29. The summed E-state index contributed by atoms with van der Waals surface area (Å²) in [4.78, 5) is 0. The normalized spacial score (nSPS) is 27.8. The molecule has 0 saturated heterocycles. The summed E-state index contributed by atoms with van der Waals surface area (Å²) in [5.74, 6) is 1.02. The number of para-hydroxylation sites is 1. The van der Waals surface area contributed by atoms with E-state index in [-0.39, 0.29) is 10.8 Å². The van der Waals surface area contributed by atoms with Gasteiger partial charge in [-0.3, -0.25) is 0 Å². The van der Waals surface area contributed by atoms with E-state index in [1.807, 2.05) is 0 Å². The van der Waals surface area contributed by atoms with E-state index in [1.54, 1.807) is 0 Å². The minimum atomic E-state index is 0.177. The topological polar surface area (TPSA) is 9.23 Å². The van der Waals surface area contributed by atoms with Crippen LogP contribution in [0.4, 0.5) is 0 Å². The Morgan fingerprint density at radius 1 is 0.909 bits per heavy atom. The van der Waals surface area contributed by atoms with Crippen LogP contribution in [0.5, 0.6) is 5.75 Å². The molecule has 0 heterocycles. The summed E-state index contributed by atoms with van der Waals surface area (Å²) in [7, 11) is 0. The summed E-state index contributed by atoms with van der Waals surface area (Å²) in [5.41, 5.74) is 3.03. The molecule has 1 heteroatoms. The predicted octanol–water partition coefficient (Wildman–Crippen LogP) is 5.52. The molecule has 1 aliphatic rings. The molecule has 1 fully saturated rings. The molecule has 0 unspecified atom stereocenters. The maximum Gasteiger partial charge on any atom is 0.122 e.